The van der Waals surface area contributed by atoms with Crippen LogP contribution >= 0.6 is 11.6 Å². The van der Waals surface area contributed by atoms with Crippen LogP contribution in [0, 0.1) is 0 Å². The minimum atomic E-state index is -0.0527. The second-order valence-electron chi connectivity index (χ2n) is 8.16. The summed E-state index contributed by atoms with van der Waals surface area (Å²) in [7, 11) is 1.55. The molecule has 7 nitrogen and oxygen atoms in total. The van der Waals surface area contributed by atoms with Gasteiger partial charge in [0, 0.05) is 48.4 Å². The largest absolute Gasteiger partial charge is 0.493 e. The summed E-state index contributed by atoms with van der Waals surface area (Å²) in [5.41, 5.74) is 1.42. The van der Waals surface area contributed by atoms with E-state index in [2.05, 4.69) is 10.2 Å². The zero-order valence-electron chi connectivity index (χ0n) is 18.2. The first-order valence-electron chi connectivity index (χ1n) is 10.9. The van der Waals surface area contributed by atoms with E-state index in [1.165, 1.54) is 0 Å². The third-order valence-electron chi connectivity index (χ3n) is 5.72. The Balaban J connectivity index is 1.32. The van der Waals surface area contributed by atoms with Crippen molar-refractivity contribution >= 4 is 23.4 Å². The number of carbonyl (C=O) groups is 2. The lowest BCUT2D eigenvalue weighted by molar-refractivity contribution is -0.122. The second kappa shape index (κ2) is 10.2. The van der Waals surface area contributed by atoms with Crippen LogP contribution in [-0.4, -0.2) is 67.5 Å². The summed E-state index contributed by atoms with van der Waals surface area (Å²) in [4.78, 5) is 28.9. The lowest BCUT2D eigenvalue weighted by atomic mass is 10.1. The number of nitrogens with zero attached hydrogens (tertiary/aromatic N) is 2. The third-order valence-corrected chi connectivity index (χ3v) is 6.09. The average Bonchev–Trinajstić information content (AvgIpc) is 3.62. The standard InChI is InChI=1S/C24H28ClN3O4/c1-31-22-14-17(6-9-21(22)32-16-18-4-2-3-5-20(18)25)24(30)28-12-10-27(11-13-28)15-23(29)26-19-7-8-19/h2-6,9,14,19H,7-8,10-13,15-16H2,1H3,(H,26,29). The number of hydrogen-bond donors (Lipinski definition) is 1. The maximum atomic E-state index is 13.0. The van der Waals surface area contributed by atoms with E-state index < -0.39 is 0 Å². The van der Waals surface area contributed by atoms with Gasteiger partial charge in [-0.2, -0.15) is 0 Å². The predicted molar refractivity (Wildman–Crippen MR) is 122 cm³/mol. The van der Waals surface area contributed by atoms with Crippen molar-refractivity contribution in [3.8, 4) is 11.5 Å². The van der Waals surface area contributed by atoms with Crippen LogP contribution in [-0.2, 0) is 11.4 Å². The van der Waals surface area contributed by atoms with Crippen molar-refractivity contribution in [2.24, 2.45) is 0 Å². The lowest BCUT2D eigenvalue weighted by Gasteiger charge is -2.34. The molecule has 1 heterocycles. The molecule has 1 saturated carbocycles. The van der Waals surface area contributed by atoms with E-state index in [0.29, 0.717) is 67.5 Å². The Morgan fingerprint density at radius 1 is 1.06 bits per heavy atom. The predicted octanol–water partition coefficient (Wildman–Crippen LogP) is 2.96. The Morgan fingerprint density at radius 2 is 1.81 bits per heavy atom. The van der Waals surface area contributed by atoms with Gasteiger partial charge in [-0.1, -0.05) is 29.8 Å². The average molecular weight is 458 g/mol. The van der Waals surface area contributed by atoms with Gasteiger partial charge in [-0.3, -0.25) is 14.5 Å². The van der Waals surface area contributed by atoms with E-state index in [9.17, 15) is 9.59 Å². The first kappa shape index (κ1) is 22.4. The quantitative estimate of drug-likeness (QED) is 0.660. The summed E-state index contributed by atoms with van der Waals surface area (Å²) < 4.78 is 11.3. The Morgan fingerprint density at radius 3 is 2.50 bits per heavy atom. The zero-order chi connectivity index (χ0) is 22.5. The zero-order valence-corrected chi connectivity index (χ0v) is 18.9. The molecular weight excluding hydrogens is 430 g/mol. The van der Waals surface area contributed by atoms with Crippen LogP contribution in [0.4, 0.5) is 0 Å². The molecule has 0 bridgehead atoms. The highest BCUT2D eigenvalue weighted by atomic mass is 35.5. The molecule has 1 aliphatic heterocycles. The van der Waals surface area contributed by atoms with E-state index in [4.69, 9.17) is 21.1 Å². The molecule has 2 fully saturated rings. The molecule has 0 atom stereocenters. The summed E-state index contributed by atoms with van der Waals surface area (Å²) in [6.45, 7) is 3.23. The number of benzene rings is 2. The van der Waals surface area contributed by atoms with Gasteiger partial charge in [-0.05, 0) is 37.1 Å². The van der Waals surface area contributed by atoms with Crippen LogP contribution in [0.15, 0.2) is 42.5 Å². The molecule has 1 aliphatic carbocycles. The molecule has 1 N–H and O–H groups in total. The van der Waals surface area contributed by atoms with E-state index >= 15 is 0 Å². The fourth-order valence-corrected chi connectivity index (χ4v) is 3.88. The highest BCUT2D eigenvalue weighted by Gasteiger charge is 2.27. The number of carbonyl (C=O) groups excluding carboxylic acids is 2. The number of piperazine rings is 1. The smallest absolute Gasteiger partial charge is 0.254 e. The van der Waals surface area contributed by atoms with Crippen LogP contribution in [0.1, 0.15) is 28.8 Å². The van der Waals surface area contributed by atoms with Crippen molar-refractivity contribution in [3.63, 3.8) is 0 Å². The molecule has 2 aromatic rings. The second-order valence-corrected chi connectivity index (χ2v) is 8.56. The molecule has 0 radical (unpaired) electrons. The number of hydrogen-bond acceptors (Lipinski definition) is 5. The maximum Gasteiger partial charge on any atom is 0.254 e. The van der Waals surface area contributed by atoms with Gasteiger partial charge in [0.15, 0.2) is 11.5 Å². The van der Waals surface area contributed by atoms with Gasteiger partial charge in [0.25, 0.3) is 5.91 Å². The minimum Gasteiger partial charge on any atom is -0.493 e. The molecule has 0 spiro atoms. The van der Waals surface area contributed by atoms with Crippen LogP contribution in [0.25, 0.3) is 0 Å². The summed E-state index contributed by atoms with van der Waals surface area (Å²) in [5.74, 6) is 1.07. The monoisotopic (exact) mass is 457 g/mol. The van der Waals surface area contributed by atoms with Crippen molar-refractivity contribution in [1.29, 1.82) is 0 Å². The van der Waals surface area contributed by atoms with Gasteiger partial charge in [-0.25, -0.2) is 0 Å². The molecule has 0 unspecified atom stereocenters. The number of nitrogens with one attached hydrogen (secondary N) is 1. The molecule has 1 saturated heterocycles. The molecule has 4 rings (SSSR count). The molecule has 2 amide bonds. The van der Waals surface area contributed by atoms with Gasteiger partial charge in [-0.15, -0.1) is 0 Å². The molecule has 0 aromatic heterocycles. The number of halogens is 1. The third kappa shape index (κ3) is 5.72. The molecule has 8 heteroatoms. The Bertz CT molecular complexity index is 971. The number of methoxy groups -OCH3 is 1. The Labute approximate surface area is 193 Å². The van der Waals surface area contributed by atoms with Crippen molar-refractivity contribution in [3.05, 3.63) is 58.6 Å². The van der Waals surface area contributed by atoms with E-state index in [0.717, 1.165) is 18.4 Å². The van der Waals surface area contributed by atoms with Crippen LogP contribution in [0.5, 0.6) is 11.5 Å². The van der Waals surface area contributed by atoms with Crippen molar-refractivity contribution < 1.29 is 19.1 Å². The molecule has 170 valence electrons. The van der Waals surface area contributed by atoms with Gasteiger partial charge in [0.05, 0.1) is 13.7 Å². The molecule has 32 heavy (non-hydrogen) atoms. The normalized spacial score (nSPS) is 16.5. The van der Waals surface area contributed by atoms with Crippen molar-refractivity contribution in [2.45, 2.75) is 25.5 Å². The van der Waals surface area contributed by atoms with Crippen molar-refractivity contribution in [1.82, 2.24) is 15.1 Å². The van der Waals surface area contributed by atoms with Crippen LogP contribution in [0.3, 0.4) is 0 Å². The first-order chi connectivity index (χ1) is 15.5. The van der Waals surface area contributed by atoms with Crippen LogP contribution in [0.2, 0.25) is 5.02 Å². The van der Waals surface area contributed by atoms with E-state index in [1.54, 1.807) is 25.3 Å². The fraction of sp³-hybridized carbons (Fsp3) is 0.417. The molecule has 2 aliphatic rings. The van der Waals surface area contributed by atoms with E-state index in [1.807, 2.05) is 29.2 Å². The summed E-state index contributed by atoms with van der Waals surface area (Å²) >= 11 is 6.19. The number of ether oxygens (including phenoxy) is 2. The fourth-order valence-electron chi connectivity index (χ4n) is 3.69. The number of amides is 2. The molecular formula is C24H28ClN3O4. The summed E-state index contributed by atoms with van der Waals surface area (Å²) in [6, 6.07) is 13.1. The summed E-state index contributed by atoms with van der Waals surface area (Å²) in [5, 5.41) is 3.65. The van der Waals surface area contributed by atoms with E-state index in [-0.39, 0.29) is 11.8 Å². The SMILES string of the molecule is COc1cc(C(=O)N2CCN(CC(=O)NC3CC3)CC2)ccc1OCc1ccccc1Cl. The summed E-state index contributed by atoms with van der Waals surface area (Å²) in [6.07, 6.45) is 2.17. The maximum absolute atomic E-state index is 13.0. The lowest BCUT2D eigenvalue weighted by Crippen LogP contribution is -2.51. The van der Waals surface area contributed by atoms with Gasteiger partial charge >= 0.3 is 0 Å². The Hall–Kier alpha value is -2.77. The highest BCUT2D eigenvalue weighted by molar-refractivity contribution is 6.31. The van der Waals surface area contributed by atoms with Gasteiger partial charge in [0.2, 0.25) is 5.91 Å². The van der Waals surface area contributed by atoms with Gasteiger partial charge < -0.3 is 19.7 Å². The topological polar surface area (TPSA) is 71.1 Å². The highest BCUT2D eigenvalue weighted by Crippen LogP contribution is 2.30. The Kier molecular flexibility index (Phi) is 7.17. The van der Waals surface area contributed by atoms with Crippen LogP contribution < -0.4 is 14.8 Å². The van der Waals surface area contributed by atoms with Crippen molar-refractivity contribution in [2.75, 3.05) is 39.8 Å². The van der Waals surface area contributed by atoms with Gasteiger partial charge in [0.1, 0.15) is 6.61 Å². The minimum absolute atomic E-state index is 0.0527. The molecule has 2 aromatic carbocycles. The first-order valence-corrected chi connectivity index (χ1v) is 11.3. The number of rotatable bonds is 8.